The molecule has 0 N–H and O–H groups in total. The Balaban J connectivity index is 1.14. The van der Waals surface area contributed by atoms with Gasteiger partial charge in [0.05, 0.1) is 0 Å². The van der Waals surface area contributed by atoms with Crippen molar-refractivity contribution in [3.63, 3.8) is 0 Å². The van der Waals surface area contributed by atoms with Crippen molar-refractivity contribution < 1.29 is 8.83 Å². The smallest absolute Gasteiger partial charge is 0.143 e. The molecule has 9 aromatic carbocycles. The summed E-state index contributed by atoms with van der Waals surface area (Å²) in [5.41, 5.74) is 13.1. The van der Waals surface area contributed by atoms with Crippen molar-refractivity contribution in [3.8, 4) is 44.5 Å². The van der Waals surface area contributed by atoms with E-state index in [0.717, 1.165) is 55.0 Å². The fourth-order valence-electron chi connectivity index (χ4n) is 8.38. The minimum Gasteiger partial charge on any atom is -0.456 e. The van der Waals surface area contributed by atoms with Crippen molar-refractivity contribution in [2.75, 3.05) is 0 Å². The third kappa shape index (κ3) is 4.31. The highest BCUT2D eigenvalue weighted by atomic mass is 16.3. The molecule has 0 saturated heterocycles. The van der Waals surface area contributed by atoms with Crippen LogP contribution in [0.4, 0.5) is 0 Å². The largest absolute Gasteiger partial charge is 0.456 e. The molecule has 2 nitrogen and oxygen atoms in total. The second kappa shape index (κ2) is 11.3. The summed E-state index contributed by atoms with van der Waals surface area (Å²) < 4.78 is 12.7. The highest BCUT2D eigenvalue weighted by Gasteiger charge is 2.21. The molecule has 11 rings (SSSR count). The van der Waals surface area contributed by atoms with Crippen molar-refractivity contribution in [3.05, 3.63) is 182 Å². The zero-order valence-corrected chi connectivity index (χ0v) is 28.1. The Morgan fingerprint density at radius 3 is 1.46 bits per heavy atom. The molecule has 0 aliphatic rings. The van der Waals surface area contributed by atoms with Gasteiger partial charge in [-0.2, -0.15) is 0 Å². The number of para-hydroxylation sites is 3. The lowest BCUT2D eigenvalue weighted by Crippen LogP contribution is -1.93. The Kier molecular flexibility index (Phi) is 6.28. The highest BCUT2D eigenvalue weighted by molar-refractivity contribution is 6.23. The lowest BCUT2D eigenvalue weighted by molar-refractivity contribution is 0.669. The van der Waals surface area contributed by atoms with Crippen LogP contribution in [0.1, 0.15) is 0 Å². The summed E-state index contributed by atoms with van der Waals surface area (Å²) in [4.78, 5) is 0. The number of fused-ring (bicyclic) bond motifs is 8. The lowest BCUT2D eigenvalue weighted by atomic mass is 9.83. The zero-order chi connectivity index (χ0) is 34.2. The monoisotopic (exact) mass is 662 g/mol. The molecule has 2 heterocycles. The van der Waals surface area contributed by atoms with Crippen LogP contribution in [0.3, 0.4) is 0 Å². The molecule has 11 aromatic rings. The third-order valence-electron chi connectivity index (χ3n) is 10.7. The molecule has 2 aromatic heterocycles. The van der Waals surface area contributed by atoms with E-state index < -0.39 is 0 Å². The van der Waals surface area contributed by atoms with Crippen molar-refractivity contribution in [2.45, 2.75) is 0 Å². The van der Waals surface area contributed by atoms with E-state index in [1.54, 1.807) is 0 Å². The van der Waals surface area contributed by atoms with Gasteiger partial charge in [0.15, 0.2) is 0 Å². The van der Waals surface area contributed by atoms with Crippen LogP contribution in [-0.4, -0.2) is 0 Å². The summed E-state index contributed by atoms with van der Waals surface area (Å²) in [6.07, 6.45) is 0. The van der Waals surface area contributed by atoms with Crippen LogP contribution in [0.25, 0.3) is 110 Å². The van der Waals surface area contributed by atoms with Crippen LogP contribution in [-0.2, 0) is 0 Å². The van der Waals surface area contributed by atoms with Crippen LogP contribution in [0.15, 0.2) is 191 Å². The van der Waals surface area contributed by atoms with E-state index in [9.17, 15) is 0 Å². The molecule has 52 heavy (non-hydrogen) atoms. The predicted octanol–water partition coefficient (Wildman–Crippen LogP) is 14.5. The fraction of sp³-hybridized carbons (Fsp3) is 0. The van der Waals surface area contributed by atoms with Gasteiger partial charge in [0.25, 0.3) is 0 Å². The van der Waals surface area contributed by atoms with Crippen molar-refractivity contribution in [1.29, 1.82) is 0 Å². The van der Waals surface area contributed by atoms with E-state index in [1.807, 2.05) is 18.2 Å². The molecule has 242 valence electrons. The molecule has 0 spiro atoms. The Labute approximate surface area is 299 Å². The van der Waals surface area contributed by atoms with Gasteiger partial charge in [-0.05, 0) is 90.8 Å². The van der Waals surface area contributed by atoms with Gasteiger partial charge in [0.1, 0.15) is 22.3 Å². The molecule has 0 saturated carbocycles. The minimum absolute atomic E-state index is 0.906. The standard InChI is InChI=1S/C50H30O2/c1-2-18-37(34(15-1)42-23-12-24-43-35-16-7-10-26-46(35)52-50(42)43)49-40-21-5-3-19-38(40)48(39-20-4-6-22-41(39)49)33-14-11-13-31(29-33)32-27-28-47-44(30-32)36-17-8-9-25-45(36)51-47/h1-30H. The molecule has 2 heteroatoms. The van der Waals surface area contributed by atoms with Gasteiger partial charge in [0, 0.05) is 27.1 Å². The molecule has 0 aliphatic carbocycles. The van der Waals surface area contributed by atoms with Gasteiger partial charge in [0.2, 0.25) is 0 Å². The molecule has 0 bridgehead atoms. The number of rotatable bonds is 4. The summed E-state index contributed by atoms with van der Waals surface area (Å²) in [7, 11) is 0. The van der Waals surface area contributed by atoms with Crippen molar-refractivity contribution >= 4 is 65.4 Å². The van der Waals surface area contributed by atoms with E-state index in [2.05, 4.69) is 164 Å². The van der Waals surface area contributed by atoms with Gasteiger partial charge in [-0.15, -0.1) is 0 Å². The Morgan fingerprint density at radius 2 is 0.731 bits per heavy atom. The lowest BCUT2D eigenvalue weighted by Gasteiger charge is -2.20. The first kappa shape index (κ1) is 28.9. The van der Waals surface area contributed by atoms with E-state index in [-0.39, 0.29) is 0 Å². The Morgan fingerprint density at radius 1 is 0.250 bits per heavy atom. The van der Waals surface area contributed by atoms with Crippen LogP contribution in [0.2, 0.25) is 0 Å². The zero-order valence-electron chi connectivity index (χ0n) is 28.1. The summed E-state index contributed by atoms with van der Waals surface area (Å²) in [5.74, 6) is 0. The van der Waals surface area contributed by atoms with E-state index in [1.165, 1.54) is 54.9 Å². The third-order valence-corrected chi connectivity index (χ3v) is 10.7. The number of benzene rings is 9. The fourth-order valence-corrected chi connectivity index (χ4v) is 8.38. The van der Waals surface area contributed by atoms with Crippen LogP contribution in [0.5, 0.6) is 0 Å². The molecular weight excluding hydrogens is 633 g/mol. The molecule has 0 aliphatic heterocycles. The maximum absolute atomic E-state index is 6.56. The van der Waals surface area contributed by atoms with Crippen LogP contribution >= 0.6 is 0 Å². The number of furan rings is 2. The first-order chi connectivity index (χ1) is 25.8. The van der Waals surface area contributed by atoms with Crippen molar-refractivity contribution in [2.24, 2.45) is 0 Å². The second-order valence-electron chi connectivity index (χ2n) is 13.6. The van der Waals surface area contributed by atoms with Crippen LogP contribution in [0, 0.1) is 0 Å². The summed E-state index contributed by atoms with van der Waals surface area (Å²) in [5, 5.41) is 9.43. The highest BCUT2D eigenvalue weighted by Crippen LogP contribution is 2.48. The Bertz CT molecular complexity index is 3140. The van der Waals surface area contributed by atoms with E-state index in [0.29, 0.717) is 0 Å². The summed E-state index contributed by atoms with van der Waals surface area (Å²) in [6.45, 7) is 0. The maximum atomic E-state index is 6.56. The van der Waals surface area contributed by atoms with Gasteiger partial charge < -0.3 is 8.83 Å². The molecule has 0 amide bonds. The first-order valence-electron chi connectivity index (χ1n) is 17.8. The van der Waals surface area contributed by atoms with Crippen LogP contribution < -0.4 is 0 Å². The predicted molar refractivity (Wildman–Crippen MR) is 218 cm³/mol. The van der Waals surface area contributed by atoms with Gasteiger partial charge in [-0.1, -0.05) is 152 Å². The molecule has 0 unspecified atom stereocenters. The van der Waals surface area contributed by atoms with E-state index >= 15 is 0 Å². The second-order valence-corrected chi connectivity index (χ2v) is 13.6. The quantitative estimate of drug-likeness (QED) is 0.175. The normalized spacial score (nSPS) is 11.8. The molecular formula is C50H30O2. The molecule has 0 radical (unpaired) electrons. The van der Waals surface area contributed by atoms with Gasteiger partial charge in [-0.3, -0.25) is 0 Å². The molecule has 0 fully saturated rings. The first-order valence-corrected chi connectivity index (χ1v) is 17.8. The van der Waals surface area contributed by atoms with E-state index in [4.69, 9.17) is 8.83 Å². The average Bonchev–Trinajstić information content (AvgIpc) is 3.78. The summed E-state index contributed by atoms with van der Waals surface area (Å²) >= 11 is 0. The van der Waals surface area contributed by atoms with Crippen molar-refractivity contribution in [1.82, 2.24) is 0 Å². The average molecular weight is 663 g/mol. The minimum atomic E-state index is 0.906. The number of hydrogen-bond donors (Lipinski definition) is 0. The van der Waals surface area contributed by atoms with Gasteiger partial charge in [-0.25, -0.2) is 0 Å². The SMILES string of the molecule is c1cc(-c2ccc3oc4ccccc4c3c2)cc(-c2c3ccccc3c(-c3ccccc3-c3cccc4c3oc3ccccc34)c3ccccc23)c1. The number of hydrogen-bond acceptors (Lipinski definition) is 2. The molecule has 0 atom stereocenters. The topological polar surface area (TPSA) is 26.3 Å². The summed E-state index contributed by atoms with van der Waals surface area (Å²) in [6, 6.07) is 65.1. The Hall–Kier alpha value is -6.90. The maximum Gasteiger partial charge on any atom is 0.143 e. The van der Waals surface area contributed by atoms with Gasteiger partial charge >= 0.3 is 0 Å².